The molecule has 0 aromatic carbocycles. The summed E-state index contributed by atoms with van der Waals surface area (Å²) < 4.78 is 0. The Morgan fingerprint density at radius 1 is 1.67 bits per heavy atom. The van der Waals surface area contributed by atoms with Gasteiger partial charge in [-0.1, -0.05) is 5.92 Å². The number of carbonyl (C=O) groups excluding carboxylic acids is 1. The fourth-order valence-corrected chi connectivity index (χ4v) is 0.200. The number of hydrogen-bond acceptors (Lipinski definition) is 2. The first-order chi connectivity index (χ1) is 4.27. The van der Waals surface area contributed by atoms with Crippen LogP contribution in [-0.2, 0) is 9.59 Å². The van der Waals surface area contributed by atoms with Gasteiger partial charge in [0.25, 0.3) is 0 Å². The van der Waals surface area contributed by atoms with Gasteiger partial charge < -0.3 is 10.4 Å². The molecule has 1 amide bonds. The molecule has 0 spiro atoms. The number of nitrogens with one attached hydrogen (secondary N) is 1. The van der Waals surface area contributed by atoms with E-state index in [1.165, 1.54) is 6.41 Å². The highest BCUT2D eigenvalue weighted by atomic mass is 16.4. The summed E-state index contributed by atoms with van der Waals surface area (Å²) in [5, 5.41) is 9.97. The van der Waals surface area contributed by atoms with E-state index in [0.717, 1.165) is 0 Å². The zero-order chi connectivity index (χ0) is 7.11. The zero-order valence-corrected chi connectivity index (χ0v) is 4.47. The Morgan fingerprint density at radius 2 is 2.33 bits per heavy atom. The Kier molecular flexibility index (Phi) is 3.88. The minimum Gasteiger partial charge on any atom is -0.472 e. The van der Waals surface area contributed by atoms with E-state index in [2.05, 4.69) is 11.2 Å². The van der Waals surface area contributed by atoms with Gasteiger partial charge >= 0.3 is 12.4 Å². The van der Waals surface area contributed by atoms with Gasteiger partial charge in [-0.25, -0.2) is 4.79 Å². The molecule has 0 atom stereocenters. The van der Waals surface area contributed by atoms with Crippen LogP contribution in [0.1, 0.15) is 0 Å². The van der Waals surface area contributed by atoms with Crippen LogP contribution in [0.3, 0.4) is 0 Å². The van der Waals surface area contributed by atoms with Crippen LogP contribution in [0.25, 0.3) is 0 Å². The van der Waals surface area contributed by atoms with Crippen LogP contribution < -0.4 is 5.32 Å². The van der Waals surface area contributed by atoms with Gasteiger partial charge in [0, 0.05) is 5.92 Å². The molecular formula is C5H4NO3. The van der Waals surface area contributed by atoms with Gasteiger partial charge in [-0.05, 0) is 0 Å². The lowest BCUT2D eigenvalue weighted by atomic mass is 10.6. The first-order valence-corrected chi connectivity index (χ1v) is 2.09. The second kappa shape index (κ2) is 4.65. The SMILES string of the molecule is O=[C]NCC#CC(=O)O. The molecule has 0 aromatic rings. The van der Waals surface area contributed by atoms with Crippen LogP contribution in [-0.4, -0.2) is 24.0 Å². The highest BCUT2D eigenvalue weighted by molar-refractivity contribution is 5.86. The van der Waals surface area contributed by atoms with E-state index in [1.54, 1.807) is 5.92 Å². The normalized spacial score (nSPS) is 6.67. The fraction of sp³-hybridized carbons (Fsp3) is 0.200. The van der Waals surface area contributed by atoms with Crippen LogP contribution in [0, 0.1) is 11.8 Å². The van der Waals surface area contributed by atoms with Crippen molar-refractivity contribution in [3.8, 4) is 11.8 Å². The Bertz CT molecular complexity index is 165. The molecule has 1 radical (unpaired) electrons. The van der Waals surface area contributed by atoms with Gasteiger partial charge in [-0.15, -0.1) is 0 Å². The molecule has 0 aromatic heterocycles. The summed E-state index contributed by atoms with van der Waals surface area (Å²) in [6, 6.07) is 0. The Hall–Kier alpha value is -1.50. The number of carboxylic acid groups (broad SMARTS) is 1. The first-order valence-electron chi connectivity index (χ1n) is 2.09. The maximum Gasteiger partial charge on any atom is 0.381 e. The number of rotatable bonds is 2. The van der Waals surface area contributed by atoms with Crippen molar-refractivity contribution in [2.45, 2.75) is 0 Å². The Balaban J connectivity index is 3.37. The van der Waals surface area contributed by atoms with Crippen molar-refractivity contribution in [3.05, 3.63) is 0 Å². The van der Waals surface area contributed by atoms with Gasteiger partial charge in [-0.3, -0.25) is 4.79 Å². The number of aliphatic carboxylic acids is 1. The van der Waals surface area contributed by atoms with Crippen molar-refractivity contribution in [2.24, 2.45) is 0 Å². The molecule has 0 aliphatic carbocycles. The average molecular weight is 126 g/mol. The molecule has 0 unspecified atom stereocenters. The van der Waals surface area contributed by atoms with Gasteiger partial charge in [0.15, 0.2) is 0 Å². The van der Waals surface area contributed by atoms with E-state index >= 15 is 0 Å². The first kappa shape index (κ1) is 7.50. The van der Waals surface area contributed by atoms with E-state index < -0.39 is 5.97 Å². The summed E-state index contributed by atoms with van der Waals surface area (Å²) in [6.07, 6.45) is 1.35. The monoisotopic (exact) mass is 126 g/mol. The predicted molar refractivity (Wildman–Crippen MR) is 29.1 cm³/mol. The summed E-state index contributed by atoms with van der Waals surface area (Å²) in [7, 11) is 0. The lowest BCUT2D eigenvalue weighted by Gasteiger charge is -1.79. The molecule has 4 nitrogen and oxygen atoms in total. The van der Waals surface area contributed by atoms with E-state index in [9.17, 15) is 9.59 Å². The molecular weight excluding hydrogens is 122 g/mol. The molecule has 0 bridgehead atoms. The largest absolute Gasteiger partial charge is 0.472 e. The Labute approximate surface area is 51.9 Å². The lowest BCUT2D eigenvalue weighted by Crippen LogP contribution is -2.10. The topological polar surface area (TPSA) is 66.4 Å². The van der Waals surface area contributed by atoms with Gasteiger partial charge in [0.2, 0.25) is 0 Å². The summed E-state index contributed by atoms with van der Waals surface area (Å²) in [4.78, 5) is 19.1. The summed E-state index contributed by atoms with van der Waals surface area (Å²) in [5.74, 6) is 2.76. The van der Waals surface area contributed by atoms with E-state index in [1.807, 2.05) is 0 Å². The maximum absolute atomic E-state index is 9.66. The van der Waals surface area contributed by atoms with Gasteiger partial charge in [0.1, 0.15) is 0 Å². The molecule has 0 aliphatic rings. The minimum absolute atomic E-state index is 0.0236. The predicted octanol–water partition coefficient (Wildman–Crippen LogP) is -1.27. The van der Waals surface area contributed by atoms with Gasteiger partial charge in [0.05, 0.1) is 6.54 Å². The third kappa shape index (κ3) is 6.50. The van der Waals surface area contributed by atoms with Crippen LogP contribution >= 0.6 is 0 Å². The summed E-state index contributed by atoms with van der Waals surface area (Å²) >= 11 is 0. The van der Waals surface area contributed by atoms with Crippen molar-refractivity contribution in [1.82, 2.24) is 5.32 Å². The second-order valence-corrected chi connectivity index (χ2v) is 1.06. The molecule has 0 rings (SSSR count). The molecule has 4 heteroatoms. The Morgan fingerprint density at radius 3 is 2.78 bits per heavy atom. The summed E-state index contributed by atoms with van der Waals surface area (Å²) in [5.41, 5.74) is 0. The van der Waals surface area contributed by atoms with Crippen molar-refractivity contribution < 1.29 is 14.7 Å². The quantitative estimate of drug-likeness (QED) is 0.275. The standard InChI is InChI=1S/C5H4NO3/c7-4-6-3-1-2-5(8)9/h3H2,(H,6,7)(H,8,9). The number of amides is 1. The van der Waals surface area contributed by atoms with E-state index in [0.29, 0.717) is 0 Å². The second-order valence-electron chi connectivity index (χ2n) is 1.06. The van der Waals surface area contributed by atoms with Crippen molar-refractivity contribution in [3.63, 3.8) is 0 Å². The molecule has 0 saturated heterocycles. The average Bonchev–Trinajstić information content (AvgIpc) is 1.80. The molecule has 47 valence electrons. The third-order valence-electron chi connectivity index (χ3n) is 0.444. The molecule has 0 aliphatic heterocycles. The van der Waals surface area contributed by atoms with Crippen LogP contribution in [0.4, 0.5) is 0 Å². The lowest BCUT2D eigenvalue weighted by molar-refractivity contribution is -0.130. The highest BCUT2D eigenvalue weighted by Gasteiger charge is 1.80. The number of carbonyl (C=O) groups is 1. The van der Waals surface area contributed by atoms with Crippen molar-refractivity contribution in [2.75, 3.05) is 6.54 Å². The van der Waals surface area contributed by atoms with Crippen LogP contribution in [0.2, 0.25) is 0 Å². The van der Waals surface area contributed by atoms with E-state index in [-0.39, 0.29) is 6.54 Å². The van der Waals surface area contributed by atoms with Crippen molar-refractivity contribution in [1.29, 1.82) is 0 Å². The van der Waals surface area contributed by atoms with Gasteiger partial charge in [-0.2, -0.15) is 0 Å². The molecule has 9 heavy (non-hydrogen) atoms. The van der Waals surface area contributed by atoms with E-state index in [4.69, 9.17) is 5.11 Å². The minimum atomic E-state index is -1.21. The molecule has 0 saturated carbocycles. The number of carboxylic acids is 1. The third-order valence-corrected chi connectivity index (χ3v) is 0.444. The number of hydrogen-bond donors (Lipinski definition) is 2. The highest BCUT2D eigenvalue weighted by Crippen LogP contribution is 1.55. The van der Waals surface area contributed by atoms with Crippen molar-refractivity contribution >= 4 is 12.4 Å². The smallest absolute Gasteiger partial charge is 0.381 e. The molecule has 0 fully saturated rings. The zero-order valence-electron chi connectivity index (χ0n) is 4.47. The molecule has 0 heterocycles. The molecule has 2 N–H and O–H groups in total. The summed E-state index contributed by atoms with van der Waals surface area (Å²) in [6.45, 7) is 0.0236. The maximum atomic E-state index is 9.66. The van der Waals surface area contributed by atoms with Crippen LogP contribution in [0.15, 0.2) is 0 Å². The fourth-order valence-electron chi connectivity index (χ4n) is 0.200. The van der Waals surface area contributed by atoms with Crippen LogP contribution in [0.5, 0.6) is 0 Å².